The fraction of sp³-hybridized carbons (Fsp3) is 0.500. The number of carbonyl (C=O) groups excluding carboxylic acids is 1. The molecule has 1 heterocycles. The molecule has 1 aromatic carbocycles. The lowest BCUT2D eigenvalue weighted by molar-refractivity contribution is -0.385. The number of benzene rings is 1. The smallest absolute Gasteiger partial charge is 0.311 e. The zero-order valence-electron chi connectivity index (χ0n) is 16.8. The lowest BCUT2D eigenvalue weighted by atomic mass is 9.84. The average Bonchev–Trinajstić information content (AvgIpc) is 2.68. The third-order valence-corrected chi connectivity index (χ3v) is 5.41. The van der Waals surface area contributed by atoms with E-state index in [9.17, 15) is 14.9 Å². The molecule has 0 spiro atoms. The molecular weight excluding hydrogens is 394 g/mol. The molecule has 0 aromatic heterocycles. The molecule has 156 valence electrons. The maximum atomic E-state index is 12.9. The van der Waals surface area contributed by atoms with Gasteiger partial charge in [-0.3, -0.25) is 14.9 Å². The Bertz CT molecular complexity index is 883. The molecule has 0 bridgehead atoms. The molecule has 8 nitrogen and oxygen atoms in total. The summed E-state index contributed by atoms with van der Waals surface area (Å²) in [6, 6.07) is 2.37. The number of rotatable bonds is 7. The Balaban J connectivity index is 2.22. The van der Waals surface area contributed by atoms with Crippen molar-refractivity contribution >= 4 is 28.8 Å². The molecule has 9 heteroatoms. The highest BCUT2D eigenvalue weighted by atomic mass is 32.1. The van der Waals surface area contributed by atoms with Crippen LogP contribution in [0.1, 0.15) is 51.6 Å². The minimum Gasteiger partial charge on any atom is -0.493 e. The normalized spacial score (nSPS) is 19.0. The molecule has 1 atom stereocenters. The van der Waals surface area contributed by atoms with Gasteiger partial charge in [0, 0.05) is 41.9 Å². The molecule has 1 unspecified atom stereocenters. The first-order chi connectivity index (χ1) is 13.9. The summed E-state index contributed by atoms with van der Waals surface area (Å²) in [5.74, 6) is 0.614. The van der Waals surface area contributed by atoms with Crippen LogP contribution >= 0.6 is 12.2 Å². The van der Waals surface area contributed by atoms with Crippen LogP contribution in [0.25, 0.3) is 0 Å². The van der Waals surface area contributed by atoms with Crippen molar-refractivity contribution in [1.82, 2.24) is 10.2 Å². The van der Waals surface area contributed by atoms with Crippen molar-refractivity contribution in [3.63, 3.8) is 0 Å². The van der Waals surface area contributed by atoms with Crippen molar-refractivity contribution in [3.05, 3.63) is 39.1 Å². The molecule has 1 aromatic rings. The second kappa shape index (κ2) is 8.77. The van der Waals surface area contributed by atoms with E-state index in [0.717, 1.165) is 18.5 Å². The largest absolute Gasteiger partial charge is 0.493 e. The number of carbonyl (C=O) groups is 1. The van der Waals surface area contributed by atoms with Crippen LogP contribution in [0.2, 0.25) is 0 Å². The molecule has 1 aliphatic heterocycles. The number of allylic oxidation sites excluding steroid dienone is 1. The Labute approximate surface area is 175 Å². The van der Waals surface area contributed by atoms with E-state index in [-0.39, 0.29) is 23.8 Å². The molecule has 3 rings (SSSR count). The van der Waals surface area contributed by atoms with Crippen LogP contribution in [-0.2, 0) is 4.79 Å². The number of hydrogen-bond acceptors (Lipinski definition) is 6. The van der Waals surface area contributed by atoms with E-state index in [2.05, 4.69) is 5.32 Å². The van der Waals surface area contributed by atoms with E-state index in [4.69, 9.17) is 21.7 Å². The summed E-state index contributed by atoms with van der Waals surface area (Å²) in [6.07, 6.45) is 1.96. The van der Waals surface area contributed by atoms with Gasteiger partial charge in [0.2, 0.25) is 5.75 Å². The Morgan fingerprint density at radius 3 is 2.52 bits per heavy atom. The number of hydrogen-bond donors (Lipinski definition) is 1. The first kappa shape index (κ1) is 21.0. The summed E-state index contributed by atoms with van der Waals surface area (Å²) in [5, 5.41) is 15.4. The van der Waals surface area contributed by atoms with E-state index in [0.29, 0.717) is 41.6 Å². The Kier molecular flexibility index (Phi) is 6.36. The summed E-state index contributed by atoms with van der Waals surface area (Å²) in [5.41, 5.74) is 1.87. The number of Topliss-reactive ketones (excluding diaryl/α,β-unsaturated/α-hetero) is 1. The van der Waals surface area contributed by atoms with Gasteiger partial charge in [0.1, 0.15) is 5.75 Å². The van der Waals surface area contributed by atoms with Gasteiger partial charge in [-0.1, -0.05) is 0 Å². The van der Waals surface area contributed by atoms with Crippen LogP contribution in [0.4, 0.5) is 5.69 Å². The van der Waals surface area contributed by atoms with Gasteiger partial charge in [-0.25, -0.2) is 0 Å². The fourth-order valence-electron chi connectivity index (χ4n) is 3.90. The number of nitro benzene ring substituents is 1. The van der Waals surface area contributed by atoms with Gasteiger partial charge in [0.25, 0.3) is 0 Å². The molecule has 29 heavy (non-hydrogen) atoms. The van der Waals surface area contributed by atoms with E-state index < -0.39 is 11.0 Å². The van der Waals surface area contributed by atoms with Gasteiger partial charge in [-0.05, 0) is 45.8 Å². The molecule has 2 aliphatic rings. The summed E-state index contributed by atoms with van der Waals surface area (Å²) in [7, 11) is 0. The minimum atomic E-state index is -0.593. The highest BCUT2D eigenvalue weighted by molar-refractivity contribution is 7.80. The number of ketones is 1. The van der Waals surface area contributed by atoms with Crippen molar-refractivity contribution in [2.75, 3.05) is 19.8 Å². The summed E-state index contributed by atoms with van der Waals surface area (Å²) >= 11 is 5.54. The zero-order valence-corrected chi connectivity index (χ0v) is 17.6. The van der Waals surface area contributed by atoms with E-state index >= 15 is 0 Å². The summed E-state index contributed by atoms with van der Waals surface area (Å²) in [4.78, 5) is 26.0. The highest BCUT2D eigenvalue weighted by Gasteiger charge is 2.39. The maximum absolute atomic E-state index is 12.9. The molecule has 1 N–H and O–H groups in total. The van der Waals surface area contributed by atoms with E-state index in [1.165, 1.54) is 12.1 Å². The SMILES string of the molecule is CCOc1cc(OCC)c([N+](=O)[O-])cc1C1NC(=S)N(CC)C2=C1C(=O)CCC2. The number of nitro groups is 1. The molecule has 0 saturated carbocycles. The Morgan fingerprint density at radius 2 is 1.90 bits per heavy atom. The average molecular weight is 420 g/mol. The second-order valence-corrected chi connectivity index (χ2v) is 7.13. The first-order valence-corrected chi connectivity index (χ1v) is 10.3. The van der Waals surface area contributed by atoms with Crippen LogP contribution in [0.15, 0.2) is 23.4 Å². The highest BCUT2D eigenvalue weighted by Crippen LogP contribution is 2.44. The van der Waals surface area contributed by atoms with Gasteiger partial charge in [-0.2, -0.15) is 0 Å². The number of ether oxygens (including phenoxy) is 2. The van der Waals surface area contributed by atoms with Gasteiger partial charge in [0.05, 0.1) is 24.2 Å². The zero-order chi connectivity index (χ0) is 21.1. The molecule has 1 aliphatic carbocycles. The molecule has 0 fully saturated rings. The lowest BCUT2D eigenvalue weighted by Gasteiger charge is -2.40. The predicted octanol–water partition coefficient (Wildman–Crippen LogP) is 3.65. The Hall–Kier alpha value is -2.68. The van der Waals surface area contributed by atoms with Crippen LogP contribution < -0.4 is 14.8 Å². The van der Waals surface area contributed by atoms with Crippen LogP contribution in [0.3, 0.4) is 0 Å². The van der Waals surface area contributed by atoms with Gasteiger partial charge in [0.15, 0.2) is 10.9 Å². The van der Waals surface area contributed by atoms with Crippen molar-refractivity contribution in [1.29, 1.82) is 0 Å². The van der Waals surface area contributed by atoms with Crippen LogP contribution in [0, 0.1) is 10.1 Å². The third kappa shape index (κ3) is 3.91. The van der Waals surface area contributed by atoms with E-state index in [1.807, 2.05) is 18.7 Å². The van der Waals surface area contributed by atoms with E-state index in [1.54, 1.807) is 6.92 Å². The van der Waals surface area contributed by atoms with Crippen molar-refractivity contribution in [3.8, 4) is 11.5 Å². The maximum Gasteiger partial charge on any atom is 0.311 e. The monoisotopic (exact) mass is 419 g/mol. The standard InChI is InChI=1S/C20H25N3O5S/c1-4-22-13-8-7-9-15(24)18(13)19(21-20(22)29)12-10-14(23(25)26)17(28-6-3)11-16(12)27-5-2/h10-11,19H,4-9H2,1-3H3,(H,21,29). The molecule has 0 amide bonds. The quantitative estimate of drug-likeness (QED) is 0.407. The first-order valence-electron chi connectivity index (χ1n) is 9.85. The van der Waals surface area contributed by atoms with Gasteiger partial charge >= 0.3 is 5.69 Å². The molecule has 0 radical (unpaired) electrons. The van der Waals surface area contributed by atoms with Crippen LogP contribution in [0.5, 0.6) is 11.5 Å². The summed E-state index contributed by atoms with van der Waals surface area (Å²) < 4.78 is 11.2. The topological polar surface area (TPSA) is 93.9 Å². The van der Waals surface area contributed by atoms with Crippen molar-refractivity contribution < 1.29 is 19.2 Å². The van der Waals surface area contributed by atoms with Crippen molar-refractivity contribution in [2.45, 2.75) is 46.1 Å². The van der Waals surface area contributed by atoms with Gasteiger partial charge < -0.3 is 19.7 Å². The third-order valence-electron chi connectivity index (χ3n) is 5.07. The number of thiocarbonyl (C=S) groups is 1. The van der Waals surface area contributed by atoms with Gasteiger partial charge in [-0.15, -0.1) is 0 Å². The number of nitrogens with zero attached hydrogens (tertiary/aromatic N) is 2. The molecule has 0 saturated heterocycles. The lowest BCUT2D eigenvalue weighted by Crippen LogP contribution is -2.49. The molecular formula is C20H25N3O5S. The predicted molar refractivity (Wildman–Crippen MR) is 112 cm³/mol. The van der Waals surface area contributed by atoms with Crippen molar-refractivity contribution in [2.24, 2.45) is 0 Å². The van der Waals surface area contributed by atoms with Crippen LogP contribution in [-0.4, -0.2) is 40.5 Å². The summed E-state index contributed by atoms with van der Waals surface area (Å²) in [6.45, 7) is 6.87. The second-order valence-electron chi connectivity index (χ2n) is 6.74. The Morgan fingerprint density at radius 1 is 1.21 bits per heavy atom. The fourth-order valence-corrected chi connectivity index (χ4v) is 4.26. The number of nitrogens with one attached hydrogen (secondary N) is 1. The minimum absolute atomic E-state index is 0.0312.